The summed E-state index contributed by atoms with van der Waals surface area (Å²) in [6.07, 6.45) is 5.99. The molecule has 0 N–H and O–H groups in total. The van der Waals surface area contributed by atoms with Crippen molar-refractivity contribution >= 4 is 11.5 Å². The number of imidazole rings is 1. The van der Waals surface area contributed by atoms with Crippen molar-refractivity contribution < 1.29 is 0 Å². The zero-order valence-electron chi connectivity index (χ0n) is 13.2. The highest BCUT2D eigenvalue weighted by Gasteiger charge is 2.30. The third-order valence-electron chi connectivity index (χ3n) is 4.84. The zero-order valence-corrected chi connectivity index (χ0v) is 13.2. The Morgan fingerprint density at radius 1 is 1.08 bits per heavy atom. The van der Waals surface area contributed by atoms with E-state index in [1.54, 1.807) is 21.5 Å². The quantitative estimate of drug-likeness (QED) is 0.724. The summed E-state index contributed by atoms with van der Waals surface area (Å²) in [6, 6.07) is 7.51. The third kappa shape index (κ3) is 2.36. The molecule has 0 atom stereocenters. The molecule has 1 aliphatic heterocycles. The summed E-state index contributed by atoms with van der Waals surface area (Å²) in [5.74, 6) is 1.95. The van der Waals surface area contributed by atoms with Crippen LogP contribution in [0, 0.1) is 5.92 Å². The molecule has 0 bridgehead atoms. The summed E-state index contributed by atoms with van der Waals surface area (Å²) >= 11 is 0. The minimum atomic E-state index is -0.00388. The Labute approximate surface area is 138 Å². The lowest BCUT2D eigenvalue weighted by molar-refractivity contribution is 0.330. The van der Waals surface area contributed by atoms with Crippen molar-refractivity contribution in [3.05, 3.63) is 52.7 Å². The van der Waals surface area contributed by atoms with E-state index in [0.717, 1.165) is 30.2 Å². The second-order valence-electron chi connectivity index (χ2n) is 6.75. The predicted molar refractivity (Wildman–Crippen MR) is 89.2 cm³/mol. The molecule has 7 nitrogen and oxygen atoms in total. The molecule has 5 rings (SSSR count). The molecule has 2 aliphatic rings. The van der Waals surface area contributed by atoms with Crippen LogP contribution in [0.3, 0.4) is 0 Å². The molecule has 24 heavy (non-hydrogen) atoms. The van der Waals surface area contributed by atoms with Gasteiger partial charge in [-0.05, 0) is 31.0 Å². The number of nitrogens with zero attached hydrogens (tertiary/aromatic N) is 6. The lowest BCUT2D eigenvalue weighted by Crippen LogP contribution is -2.50. The van der Waals surface area contributed by atoms with Crippen molar-refractivity contribution in [3.63, 3.8) is 0 Å². The number of hydrogen-bond acceptors (Lipinski definition) is 5. The van der Waals surface area contributed by atoms with Crippen molar-refractivity contribution in [2.24, 2.45) is 5.92 Å². The van der Waals surface area contributed by atoms with Gasteiger partial charge in [0.05, 0.1) is 12.2 Å². The fraction of sp³-hybridized carbons (Fsp3) is 0.412. The van der Waals surface area contributed by atoms with Crippen LogP contribution in [0.15, 0.2) is 41.5 Å². The van der Waals surface area contributed by atoms with Crippen LogP contribution in [0.2, 0.25) is 0 Å². The van der Waals surface area contributed by atoms with Gasteiger partial charge >= 0.3 is 0 Å². The van der Waals surface area contributed by atoms with Crippen LogP contribution in [-0.4, -0.2) is 37.5 Å². The molecule has 0 aromatic carbocycles. The normalized spacial score (nSPS) is 18.1. The van der Waals surface area contributed by atoms with Gasteiger partial charge < -0.3 is 4.90 Å². The first-order valence-corrected chi connectivity index (χ1v) is 8.40. The molecule has 2 fully saturated rings. The monoisotopic (exact) mass is 322 g/mol. The summed E-state index contributed by atoms with van der Waals surface area (Å²) < 4.78 is 3.43. The summed E-state index contributed by atoms with van der Waals surface area (Å²) in [5, 5.41) is 9.10. The first kappa shape index (κ1) is 13.7. The maximum Gasteiger partial charge on any atom is 0.266 e. The fourth-order valence-electron chi connectivity index (χ4n) is 3.28. The summed E-state index contributed by atoms with van der Waals surface area (Å²) in [5.41, 5.74) is 1.91. The SMILES string of the molecule is O=c1ccc(C2CC2)nn1CC1CN(c2ccc3nccn3n2)C1. The molecule has 1 saturated carbocycles. The summed E-state index contributed by atoms with van der Waals surface area (Å²) in [6.45, 7) is 2.48. The van der Waals surface area contributed by atoms with Gasteiger partial charge in [0.15, 0.2) is 5.65 Å². The van der Waals surface area contributed by atoms with Gasteiger partial charge in [0, 0.05) is 43.4 Å². The van der Waals surface area contributed by atoms with Gasteiger partial charge in [-0.15, -0.1) is 5.10 Å². The topological polar surface area (TPSA) is 68.3 Å². The maximum absolute atomic E-state index is 12.0. The van der Waals surface area contributed by atoms with E-state index in [0.29, 0.717) is 18.4 Å². The van der Waals surface area contributed by atoms with Gasteiger partial charge in [-0.1, -0.05) is 0 Å². The third-order valence-corrected chi connectivity index (χ3v) is 4.84. The van der Waals surface area contributed by atoms with Crippen molar-refractivity contribution in [3.8, 4) is 0 Å². The molecule has 3 aromatic heterocycles. The molecule has 0 unspecified atom stereocenters. The standard InChI is InChI=1S/C17H18N6O/c24-17-6-3-14(13-1-2-13)19-23(17)11-12-9-21(10-12)16-5-4-15-18-7-8-22(15)20-16/h3-8,12-13H,1-2,9-11H2. The number of fused-ring (bicyclic) bond motifs is 1. The summed E-state index contributed by atoms with van der Waals surface area (Å²) in [4.78, 5) is 18.5. The lowest BCUT2D eigenvalue weighted by Gasteiger charge is -2.39. The van der Waals surface area contributed by atoms with Crippen LogP contribution in [0.5, 0.6) is 0 Å². The van der Waals surface area contributed by atoms with E-state index in [2.05, 4.69) is 20.1 Å². The Kier molecular flexibility index (Phi) is 2.95. The molecule has 0 spiro atoms. The van der Waals surface area contributed by atoms with Crippen molar-refractivity contribution in [1.29, 1.82) is 0 Å². The van der Waals surface area contributed by atoms with Gasteiger partial charge in [0.25, 0.3) is 5.56 Å². The minimum Gasteiger partial charge on any atom is -0.354 e. The highest BCUT2D eigenvalue weighted by atomic mass is 16.1. The Balaban J connectivity index is 1.28. The van der Waals surface area contributed by atoms with Crippen molar-refractivity contribution in [2.45, 2.75) is 25.3 Å². The Morgan fingerprint density at radius 2 is 1.96 bits per heavy atom. The van der Waals surface area contributed by atoms with Crippen LogP contribution < -0.4 is 10.5 Å². The molecule has 0 amide bonds. The van der Waals surface area contributed by atoms with Crippen molar-refractivity contribution in [1.82, 2.24) is 24.4 Å². The largest absolute Gasteiger partial charge is 0.354 e. The van der Waals surface area contributed by atoms with Crippen LogP contribution in [-0.2, 0) is 6.54 Å². The predicted octanol–water partition coefficient (Wildman–Crippen LogP) is 1.30. The fourth-order valence-corrected chi connectivity index (χ4v) is 3.28. The molecule has 4 heterocycles. The smallest absolute Gasteiger partial charge is 0.266 e. The molecular weight excluding hydrogens is 304 g/mol. The summed E-state index contributed by atoms with van der Waals surface area (Å²) in [7, 11) is 0. The van der Waals surface area contributed by atoms with Crippen LogP contribution in [0.1, 0.15) is 24.5 Å². The number of hydrogen-bond donors (Lipinski definition) is 0. The van der Waals surface area contributed by atoms with Gasteiger partial charge in [0.2, 0.25) is 0 Å². The van der Waals surface area contributed by atoms with E-state index in [-0.39, 0.29) is 5.56 Å². The molecule has 0 radical (unpaired) electrons. The Hall–Kier alpha value is -2.70. The van der Waals surface area contributed by atoms with Gasteiger partial charge in [-0.2, -0.15) is 5.10 Å². The van der Waals surface area contributed by atoms with Gasteiger partial charge in [-0.3, -0.25) is 4.79 Å². The molecule has 3 aromatic rings. The highest BCUT2D eigenvalue weighted by Crippen LogP contribution is 2.38. The maximum atomic E-state index is 12.0. The van der Waals surface area contributed by atoms with E-state index in [1.807, 2.05) is 24.4 Å². The average Bonchev–Trinajstić information content (AvgIpc) is 3.29. The molecule has 1 saturated heterocycles. The van der Waals surface area contributed by atoms with Crippen LogP contribution in [0.25, 0.3) is 5.65 Å². The first-order valence-electron chi connectivity index (χ1n) is 8.40. The minimum absolute atomic E-state index is 0.00388. The Morgan fingerprint density at radius 3 is 2.79 bits per heavy atom. The highest BCUT2D eigenvalue weighted by molar-refractivity contribution is 5.47. The van der Waals surface area contributed by atoms with Gasteiger partial charge in [-0.25, -0.2) is 14.2 Å². The number of anilines is 1. The second-order valence-corrected chi connectivity index (χ2v) is 6.75. The van der Waals surface area contributed by atoms with E-state index in [4.69, 9.17) is 0 Å². The zero-order chi connectivity index (χ0) is 16.1. The van der Waals surface area contributed by atoms with Crippen LogP contribution >= 0.6 is 0 Å². The second kappa shape index (κ2) is 5.15. The van der Waals surface area contributed by atoms with Crippen molar-refractivity contribution in [2.75, 3.05) is 18.0 Å². The average molecular weight is 322 g/mol. The number of rotatable bonds is 4. The molecule has 7 heteroatoms. The molecule has 122 valence electrons. The van der Waals surface area contributed by atoms with E-state index in [9.17, 15) is 4.79 Å². The Bertz CT molecular complexity index is 951. The van der Waals surface area contributed by atoms with E-state index >= 15 is 0 Å². The lowest BCUT2D eigenvalue weighted by atomic mass is 10.0. The van der Waals surface area contributed by atoms with Gasteiger partial charge in [0.1, 0.15) is 5.82 Å². The number of aromatic nitrogens is 5. The first-order chi connectivity index (χ1) is 11.8. The van der Waals surface area contributed by atoms with Crippen LogP contribution in [0.4, 0.5) is 5.82 Å². The van der Waals surface area contributed by atoms with E-state index < -0.39 is 0 Å². The van der Waals surface area contributed by atoms with E-state index in [1.165, 1.54) is 12.8 Å². The molecular formula is C17H18N6O. The molecule has 1 aliphatic carbocycles.